The third kappa shape index (κ3) is 8.75. The van der Waals surface area contributed by atoms with Gasteiger partial charge < -0.3 is 10.0 Å². The van der Waals surface area contributed by atoms with Crippen LogP contribution in [0.3, 0.4) is 0 Å². The lowest BCUT2D eigenvalue weighted by molar-refractivity contribution is -0.438. The summed E-state index contributed by atoms with van der Waals surface area (Å²) in [6.07, 6.45) is 10.1. The standard InChI is InChI=1S/C37H43ClN2O11S3/c1-36(2)28-22-26(53(46,47)48)12-14-30(28)39(19-5-6-21-52(43,44)45)32(36)16-10-24-8-7-9-25(35(24)38)11-17-33-37(3,4)29-23-27(54(49,50)51)13-15-31(29)40(33)20-18-34(41)42/h10-17,22-23H,5-9,18-21H2,1-4H3,(H3-,41,42,43,44,45,46,47,48,49,50,51)/p+1. The van der Waals surface area contributed by atoms with Crippen LogP contribution >= 0.6 is 11.6 Å². The number of allylic oxidation sites excluding steroid dienone is 8. The minimum Gasteiger partial charge on any atom is -0.481 e. The summed E-state index contributed by atoms with van der Waals surface area (Å²) in [5.41, 5.74) is 4.28. The summed E-state index contributed by atoms with van der Waals surface area (Å²) < 4.78 is 101. The minimum absolute atomic E-state index is 0.123. The first-order valence-electron chi connectivity index (χ1n) is 17.2. The zero-order valence-electron chi connectivity index (χ0n) is 30.3. The number of anilines is 1. The second-order valence-electron chi connectivity index (χ2n) is 14.7. The van der Waals surface area contributed by atoms with Gasteiger partial charge in [0.2, 0.25) is 5.69 Å². The van der Waals surface area contributed by atoms with Crippen molar-refractivity contribution in [2.24, 2.45) is 0 Å². The van der Waals surface area contributed by atoms with E-state index in [0.717, 1.165) is 29.0 Å². The van der Waals surface area contributed by atoms with Crippen molar-refractivity contribution in [3.63, 3.8) is 0 Å². The monoisotopic (exact) mass is 823 g/mol. The number of aliphatic carboxylic acids is 1. The van der Waals surface area contributed by atoms with Crippen molar-refractivity contribution in [2.75, 3.05) is 23.7 Å². The summed E-state index contributed by atoms with van der Waals surface area (Å²) in [5.74, 6) is -1.39. The summed E-state index contributed by atoms with van der Waals surface area (Å²) in [5, 5.41) is 10.00. The SMILES string of the molecule is CC1(C)C(/C=C/C2=C(Cl)C(=C/C=C3/N(CCC(=O)O)c4ccc(S(=O)(=O)O)cc4C3(C)C)/CCC2)=[N+](CCCCS(=O)(=O)O)c2ccc(S(=O)(=O)O)cc21. The van der Waals surface area contributed by atoms with Gasteiger partial charge in [-0.2, -0.15) is 29.8 Å². The minimum atomic E-state index is -4.48. The molecule has 2 aromatic carbocycles. The van der Waals surface area contributed by atoms with Gasteiger partial charge in [-0.3, -0.25) is 18.5 Å². The van der Waals surface area contributed by atoms with Gasteiger partial charge in [-0.15, -0.1) is 0 Å². The van der Waals surface area contributed by atoms with Gasteiger partial charge in [-0.1, -0.05) is 37.6 Å². The van der Waals surface area contributed by atoms with Crippen LogP contribution in [0.1, 0.15) is 77.3 Å². The molecular formula is C37H44ClN2O11S3+. The molecule has 0 unspecified atom stereocenters. The van der Waals surface area contributed by atoms with Crippen LogP contribution < -0.4 is 4.90 Å². The molecule has 2 aromatic rings. The molecule has 0 saturated heterocycles. The van der Waals surface area contributed by atoms with E-state index >= 15 is 0 Å². The summed E-state index contributed by atoms with van der Waals surface area (Å²) in [4.78, 5) is 12.9. The predicted molar refractivity (Wildman–Crippen MR) is 206 cm³/mol. The molecule has 0 radical (unpaired) electrons. The Morgan fingerprint density at radius 3 is 2.09 bits per heavy atom. The zero-order valence-corrected chi connectivity index (χ0v) is 33.5. The first kappa shape index (κ1) is 41.5. The average molecular weight is 824 g/mol. The molecule has 17 heteroatoms. The van der Waals surface area contributed by atoms with Crippen molar-refractivity contribution in [1.82, 2.24) is 0 Å². The molecule has 5 rings (SSSR count). The van der Waals surface area contributed by atoms with E-state index in [1.54, 1.807) is 12.1 Å². The van der Waals surface area contributed by atoms with Gasteiger partial charge in [0.15, 0.2) is 5.71 Å². The molecular weight excluding hydrogens is 780 g/mol. The third-order valence-electron chi connectivity index (χ3n) is 10.2. The van der Waals surface area contributed by atoms with Gasteiger partial charge in [-0.05, 0) is 92.6 Å². The van der Waals surface area contributed by atoms with E-state index in [2.05, 4.69) is 0 Å². The van der Waals surface area contributed by atoms with E-state index in [1.807, 2.05) is 61.5 Å². The van der Waals surface area contributed by atoms with E-state index in [-0.39, 0.29) is 29.2 Å². The highest BCUT2D eigenvalue weighted by molar-refractivity contribution is 7.86. The smallest absolute Gasteiger partial charge is 0.305 e. The Hall–Kier alpha value is -3.64. The van der Waals surface area contributed by atoms with E-state index in [1.165, 1.54) is 24.3 Å². The van der Waals surface area contributed by atoms with Crippen LogP contribution in [0.25, 0.3) is 0 Å². The fourth-order valence-electron chi connectivity index (χ4n) is 7.44. The van der Waals surface area contributed by atoms with E-state index in [9.17, 15) is 48.8 Å². The summed E-state index contributed by atoms with van der Waals surface area (Å²) >= 11 is 7.05. The number of benzene rings is 2. The first-order chi connectivity index (χ1) is 24.9. The van der Waals surface area contributed by atoms with Crippen molar-refractivity contribution in [1.29, 1.82) is 0 Å². The summed E-state index contributed by atoms with van der Waals surface area (Å²) in [6, 6.07) is 8.61. The number of rotatable bonds is 13. The molecule has 54 heavy (non-hydrogen) atoms. The number of carbonyl (C=O) groups is 1. The quantitative estimate of drug-likeness (QED) is 0.0966. The van der Waals surface area contributed by atoms with Gasteiger partial charge >= 0.3 is 5.97 Å². The van der Waals surface area contributed by atoms with Crippen molar-refractivity contribution < 1.29 is 53.4 Å². The number of unbranched alkanes of at least 4 members (excludes halogenated alkanes) is 1. The maximum Gasteiger partial charge on any atom is 0.305 e. The van der Waals surface area contributed by atoms with Crippen molar-refractivity contribution >= 4 is 65.0 Å². The summed E-state index contributed by atoms with van der Waals surface area (Å²) in [6.45, 7) is 8.11. The lowest BCUT2D eigenvalue weighted by Gasteiger charge is -2.27. The van der Waals surface area contributed by atoms with Crippen LogP contribution in [0.4, 0.5) is 11.4 Å². The maximum atomic E-state index is 12.0. The van der Waals surface area contributed by atoms with E-state index in [4.69, 9.17) is 11.6 Å². The van der Waals surface area contributed by atoms with Crippen molar-refractivity contribution in [3.05, 3.63) is 93.7 Å². The molecule has 13 nitrogen and oxygen atoms in total. The van der Waals surface area contributed by atoms with Crippen LogP contribution in [-0.4, -0.2) is 79.1 Å². The van der Waals surface area contributed by atoms with Crippen LogP contribution in [-0.2, 0) is 46.0 Å². The van der Waals surface area contributed by atoms with Gasteiger partial charge in [0.1, 0.15) is 6.54 Å². The Kier molecular flexibility index (Phi) is 11.6. The number of hydrogen-bond donors (Lipinski definition) is 4. The Balaban J connectivity index is 1.53. The van der Waals surface area contributed by atoms with Crippen LogP contribution in [0.2, 0.25) is 0 Å². The Labute approximate surface area is 321 Å². The molecule has 0 aromatic heterocycles. The highest BCUT2D eigenvalue weighted by Crippen LogP contribution is 2.49. The number of carboxylic acids is 1. The lowest BCUT2D eigenvalue weighted by Crippen LogP contribution is -2.28. The van der Waals surface area contributed by atoms with Gasteiger partial charge in [0.25, 0.3) is 30.4 Å². The van der Waals surface area contributed by atoms with Crippen LogP contribution in [0, 0.1) is 0 Å². The number of halogens is 1. The largest absolute Gasteiger partial charge is 0.481 e. The molecule has 2 heterocycles. The normalized spacial score (nSPS) is 20.0. The number of hydrogen-bond acceptors (Lipinski definition) is 8. The Morgan fingerprint density at radius 2 is 1.48 bits per heavy atom. The van der Waals surface area contributed by atoms with Gasteiger partial charge in [0, 0.05) is 52.5 Å². The molecule has 0 atom stereocenters. The van der Waals surface area contributed by atoms with Crippen LogP contribution in [0.15, 0.2) is 92.4 Å². The number of carboxylic acid groups (broad SMARTS) is 1. The third-order valence-corrected chi connectivity index (χ3v) is 13.2. The number of fused-ring (bicyclic) bond motifs is 2. The fourth-order valence-corrected chi connectivity index (χ4v) is 9.34. The van der Waals surface area contributed by atoms with Gasteiger partial charge in [0.05, 0.1) is 27.4 Å². The van der Waals surface area contributed by atoms with Crippen molar-refractivity contribution in [3.8, 4) is 0 Å². The Bertz CT molecular complexity index is 2390. The predicted octanol–water partition coefficient (Wildman–Crippen LogP) is 6.54. The maximum absolute atomic E-state index is 12.0. The molecule has 0 spiro atoms. The second kappa shape index (κ2) is 15.1. The first-order valence-corrected chi connectivity index (χ1v) is 22.1. The second-order valence-corrected chi connectivity index (χ2v) is 19.4. The lowest BCUT2D eigenvalue weighted by atomic mass is 9.81. The molecule has 2 aliphatic heterocycles. The fraction of sp³-hybridized carbons (Fsp3) is 0.405. The van der Waals surface area contributed by atoms with E-state index < -0.39 is 52.9 Å². The summed E-state index contributed by atoms with van der Waals surface area (Å²) in [7, 11) is -13.1. The Morgan fingerprint density at radius 1 is 0.852 bits per heavy atom. The molecule has 0 bridgehead atoms. The topological polar surface area (TPSA) is 207 Å². The molecule has 0 saturated carbocycles. The molecule has 0 amide bonds. The van der Waals surface area contributed by atoms with Crippen LogP contribution in [0.5, 0.6) is 0 Å². The highest BCUT2D eigenvalue weighted by Gasteiger charge is 2.45. The van der Waals surface area contributed by atoms with Gasteiger partial charge in [-0.25, -0.2) is 0 Å². The molecule has 4 N–H and O–H groups in total. The van der Waals surface area contributed by atoms with E-state index in [0.29, 0.717) is 53.3 Å². The number of nitrogens with zero attached hydrogens (tertiary/aromatic N) is 2. The average Bonchev–Trinajstić information content (AvgIpc) is 3.40. The highest BCUT2D eigenvalue weighted by atomic mass is 35.5. The zero-order chi connectivity index (χ0) is 40.0. The molecule has 292 valence electrons. The molecule has 3 aliphatic rings. The molecule has 0 fully saturated rings. The van der Waals surface area contributed by atoms with Crippen molar-refractivity contribution in [2.45, 2.75) is 86.8 Å². The molecule has 1 aliphatic carbocycles.